The second-order valence-corrected chi connectivity index (χ2v) is 9.87. The number of carbonyl (C=O) groups excluding carboxylic acids is 1. The number of aromatic carboxylic acids is 1. The molecule has 0 unspecified atom stereocenters. The molecule has 10 heteroatoms. The van der Waals surface area contributed by atoms with Crippen LogP contribution in [0.3, 0.4) is 0 Å². The molecule has 2 aromatic heterocycles. The van der Waals surface area contributed by atoms with Crippen LogP contribution in [0.25, 0.3) is 5.69 Å². The maximum absolute atomic E-state index is 12.7. The molecule has 224 valence electrons. The minimum absolute atomic E-state index is 0.0788. The molecule has 0 spiro atoms. The Morgan fingerprint density at radius 1 is 0.909 bits per heavy atom. The maximum Gasteiger partial charge on any atom is 0.335 e. The number of carboxylic acids is 1. The summed E-state index contributed by atoms with van der Waals surface area (Å²) in [5, 5.41) is 13.3. The summed E-state index contributed by atoms with van der Waals surface area (Å²) in [6.07, 6.45) is 1.43. The first kappa shape index (κ1) is 29.7. The van der Waals surface area contributed by atoms with E-state index in [4.69, 9.17) is 18.6 Å². The Hall–Kier alpha value is -5.77. The van der Waals surface area contributed by atoms with Crippen LogP contribution in [0.5, 0.6) is 17.2 Å². The minimum Gasteiger partial charge on any atom is -0.493 e. The van der Waals surface area contributed by atoms with Crippen molar-refractivity contribution >= 4 is 18.1 Å². The van der Waals surface area contributed by atoms with Gasteiger partial charge < -0.3 is 28.3 Å². The Bertz CT molecular complexity index is 1780. The lowest BCUT2D eigenvalue weighted by Gasteiger charge is -2.13. The predicted octanol–water partition coefficient (Wildman–Crippen LogP) is 6.32. The molecule has 0 radical (unpaired) electrons. The van der Waals surface area contributed by atoms with Crippen LogP contribution in [0.2, 0.25) is 0 Å². The van der Waals surface area contributed by atoms with E-state index in [-0.39, 0.29) is 24.5 Å². The second kappa shape index (κ2) is 13.5. The van der Waals surface area contributed by atoms with Crippen LogP contribution in [0.1, 0.15) is 49.2 Å². The number of para-hydroxylation sites is 1. The molecule has 0 saturated heterocycles. The third-order valence-electron chi connectivity index (χ3n) is 6.79. The maximum atomic E-state index is 12.7. The molecular formula is C34H31N3O7. The molecule has 10 nitrogen and oxygen atoms in total. The summed E-state index contributed by atoms with van der Waals surface area (Å²) in [5.41, 5.74) is 7.18. The number of rotatable bonds is 12. The highest BCUT2D eigenvalue weighted by Crippen LogP contribution is 2.31. The zero-order valence-corrected chi connectivity index (χ0v) is 24.4. The van der Waals surface area contributed by atoms with Gasteiger partial charge in [-0.1, -0.05) is 18.2 Å². The summed E-state index contributed by atoms with van der Waals surface area (Å²) in [6.45, 7) is 4.37. The normalized spacial score (nSPS) is 11.0. The molecule has 5 rings (SSSR count). The van der Waals surface area contributed by atoms with E-state index in [0.717, 1.165) is 17.1 Å². The molecule has 0 aliphatic carbocycles. The highest BCUT2D eigenvalue weighted by Gasteiger charge is 2.13. The number of methoxy groups -OCH3 is 1. The first-order chi connectivity index (χ1) is 21.3. The summed E-state index contributed by atoms with van der Waals surface area (Å²) in [6, 6.07) is 26.8. The van der Waals surface area contributed by atoms with Gasteiger partial charge in [0.05, 0.1) is 18.9 Å². The lowest BCUT2D eigenvalue weighted by molar-refractivity contribution is 0.0696. The fourth-order valence-corrected chi connectivity index (χ4v) is 4.61. The summed E-state index contributed by atoms with van der Waals surface area (Å²) >= 11 is 0. The van der Waals surface area contributed by atoms with Gasteiger partial charge in [0.25, 0.3) is 0 Å². The third-order valence-corrected chi connectivity index (χ3v) is 6.79. The van der Waals surface area contributed by atoms with Gasteiger partial charge in [-0.15, -0.1) is 0 Å². The number of aromatic nitrogens is 1. The molecule has 5 aromatic rings. The second-order valence-electron chi connectivity index (χ2n) is 9.87. The summed E-state index contributed by atoms with van der Waals surface area (Å²) in [4.78, 5) is 24.0. The SMILES string of the molecule is COc1cccc(C=NNC(=O)c2ccc(COc3ccc(-n4c(C)ccc4C)cc3)o2)c1OCc1cccc(C(=O)O)c1. The van der Waals surface area contributed by atoms with Gasteiger partial charge >= 0.3 is 11.9 Å². The standard InChI is InChI=1S/C34H31N3O7/c1-22-10-11-23(2)37(22)27-12-14-28(15-13-27)42-21-29-16-17-31(44-29)33(38)36-35-19-26-8-5-9-30(41-3)32(26)43-20-24-6-4-7-25(18-24)34(39)40/h4-19H,20-21H2,1-3H3,(H,36,38)(H,39,40). The third kappa shape index (κ3) is 6.99. The molecule has 0 aliphatic heterocycles. The highest BCUT2D eigenvalue weighted by molar-refractivity contribution is 5.93. The number of hydrogen-bond donors (Lipinski definition) is 2. The number of carbonyl (C=O) groups is 2. The largest absolute Gasteiger partial charge is 0.493 e. The van der Waals surface area contributed by atoms with E-state index >= 15 is 0 Å². The number of nitrogens with zero attached hydrogens (tertiary/aromatic N) is 2. The number of furan rings is 1. The Kier molecular flexibility index (Phi) is 9.10. The van der Waals surface area contributed by atoms with Crippen LogP contribution in [-0.4, -0.2) is 34.9 Å². The molecule has 0 saturated carbocycles. The van der Waals surface area contributed by atoms with Gasteiger partial charge in [0.15, 0.2) is 17.3 Å². The zero-order valence-electron chi connectivity index (χ0n) is 24.4. The van der Waals surface area contributed by atoms with Gasteiger partial charge in [-0.05, 0) is 92.2 Å². The van der Waals surface area contributed by atoms with Gasteiger partial charge in [-0.3, -0.25) is 4.79 Å². The average Bonchev–Trinajstić information content (AvgIpc) is 3.65. The van der Waals surface area contributed by atoms with Gasteiger partial charge in [-0.25, -0.2) is 10.2 Å². The molecule has 44 heavy (non-hydrogen) atoms. The van der Waals surface area contributed by atoms with E-state index in [1.807, 2.05) is 24.3 Å². The van der Waals surface area contributed by atoms with Gasteiger partial charge in [-0.2, -0.15) is 5.10 Å². The van der Waals surface area contributed by atoms with Crippen LogP contribution < -0.4 is 19.6 Å². The van der Waals surface area contributed by atoms with Crippen molar-refractivity contribution in [2.45, 2.75) is 27.1 Å². The average molecular weight is 594 g/mol. The van der Waals surface area contributed by atoms with E-state index in [1.54, 1.807) is 42.5 Å². The summed E-state index contributed by atoms with van der Waals surface area (Å²) < 4.78 is 25.1. The van der Waals surface area contributed by atoms with Gasteiger partial charge in [0.2, 0.25) is 0 Å². The van der Waals surface area contributed by atoms with Crippen LogP contribution >= 0.6 is 0 Å². The number of hydrogen-bond acceptors (Lipinski definition) is 7. The van der Waals surface area contributed by atoms with Crippen LogP contribution in [0.15, 0.2) is 101 Å². The molecule has 2 N–H and O–H groups in total. The van der Waals surface area contributed by atoms with Gasteiger partial charge in [0, 0.05) is 22.6 Å². The van der Waals surface area contributed by atoms with Crippen LogP contribution in [0, 0.1) is 13.8 Å². The molecule has 0 atom stereocenters. The van der Waals surface area contributed by atoms with E-state index in [9.17, 15) is 14.7 Å². The van der Waals surface area contributed by atoms with Crippen molar-refractivity contribution in [3.05, 3.63) is 131 Å². The topological polar surface area (TPSA) is 125 Å². The first-order valence-corrected chi connectivity index (χ1v) is 13.7. The number of carboxylic acid groups (broad SMARTS) is 1. The Balaban J connectivity index is 1.18. The Morgan fingerprint density at radius 3 is 2.39 bits per heavy atom. The number of aryl methyl sites for hydroxylation is 2. The number of ether oxygens (including phenoxy) is 3. The smallest absolute Gasteiger partial charge is 0.335 e. The zero-order chi connectivity index (χ0) is 31.1. The van der Waals surface area contributed by atoms with E-state index in [0.29, 0.717) is 34.1 Å². The first-order valence-electron chi connectivity index (χ1n) is 13.7. The lowest BCUT2D eigenvalue weighted by Crippen LogP contribution is -2.17. The Labute approximate surface area is 254 Å². The quantitative estimate of drug-likeness (QED) is 0.128. The predicted molar refractivity (Wildman–Crippen MR) is 164 cm³/mol. The summed E-state index contributed by atoms with van der Waals surface area (Å²) in [5.74, 6) is 0.519. The number of amides is 1. The monoisotopic (exact) mass is 593 g/mol. The van der Waals surface area contributed by atoms with Crippen molar-refractivity contribution in [1.82, 2.24) is 9.99 Å². The number of benzene rings is 3. The van der Waals surface area contributed by atoms with Crippen molar-refractivity contribution < 1.29 is 33.3 Å². The van der Waals surface area contributed by atoms with Crippen molar-refractivity contribution in [3.63, 3.8) is 0 Å². The molecule has 0 bridgehead atoms. The molecule has 0 aliphatic rings. The summed E-state index contributed by atoms with van der Waals surface area (Å²) in [7, 11) is 1.51. The van der Waals surface area contributed by atoms with Crippen LogP contribution in [-0.2, 0) is 13.2 Å². The van der Waals surface area contributed by atoms with E-state index in [2.05, 4.69) is 41.1 Å². The van der Waals surface area contributed by atoms with Crippen molar-refractivity contribution in [2.24, 2.45) is 5.10 Å². The Morgan fingerprint density at radius 2 is 1.66 bits per heavy atom. The molecular weight excluding hydrogens is 562 g/mol. The molecule has 2 heterocycles. The van der Waals surface area contributed by atoms with Crippen LogP contribution in [0.4, 0.5) is 0 Å². The lowest BCUT2D eigenvalue weighted by atomic mass is 10.1. The minimum atomic E-state index is -1.02. The number of nitrogens with one attached hydrogen (secondary N) is 1. The van der Waals surface area contributed by atoms with Crippen molar-refractivity contribution in [2.75, 3.05) is 7.11 Å². The fraction of sp³-hybridized carbons (Fsp3) is 0.147. The molecule has 0 fully saturated rings. The molecule has 1 amide bonds. The number of hydrazone groups is 1. The highest BCUT2D eigenvalue weighted by atomic mass is 16.5. The van der Waals surface area contributed by atoms with Crippen molar-refractivity contribution in [3.8, 4) is 22.9 Å². The van der Waals surface area contributed by atoms with Crippen molar-refractivity contribution in [1.29, 1.82) is 0 Å². The molecule has 3 aromatic carbocycles. The van der Waals surface area contributed by atoms with E-state index < -0.39 is 11.9 Å². The van der Waals surface area contributed by atoms with Gasteiger partial charge in [0.1, 0.15) is 24.7 Å². The fourth-order valence-electron chi connectivity index (χ4n) is 4.61. The van der Waals surface area contributed by atoms with E-state index in [1.165, 1.54) is 25.5 Å².